The smallest absolute Gasteiger partial charge is 0.410 e. The van der Waals surface area contributed by atoms with E-state index < -0.39 is 23.5 Å². The van der Waals surface area contributed by atoms with Crippen LogP contribution in [0.2, 0.25) is 0 Å². The van der Waals surface area contributed by atoms with Gasteiger partial charge in [0.25, 0.3) is 5.92 Å². The van der Waals surface area contributed by atoms with E-state index in [9.17, 15) is 13.6 Å². The number of amides is 1. The largest absolute Gasteiger partial charge is 0.444 e. The number of piperidine rings is 1. The van der Waals surface area contributed by atoms with E-state index in [1.807, 2.05) is 56.0 Å². The lowest BCUT2D eigenvalue weighted by Gasteiger charge is -2.39. The van der Waals surface area contributed by atoms with Gasteiger partial charge in [0, 0.05) is 31.6 Å². The summed E-state index contributed by atoms with van der Waals surface area (Å²) >= 11 is 0. The molecule has 0 radical (unpaired) electrons. The molecule has 0 saturated carbocycles. The van der Waals surface area contributed by atoms with Crippen LogP contribution in [0.5, 0.6) is 0 Å². The number of fused-ring (bicyclic) bond motifs is 1. The number of likely N-dealkylation sites (tertiary alicyclic amines) is 2. The Kier molecular flexibility index (Phi) is 4.75. The fourth-order valence-electron chi connectivity index (χ4n) is 3.78. The molecule has 0 aromatic heterocycles. The molecule has 2 heterocycles. The number of halogens is 2. The van der Waals surface area contributed by atoms with E-state index in [1.54, 1.807) is 4.90 Å². The molecule has 1 amide bonds. The first-order chi connectivity index (χ1) is 11.7. The number of hydrogen-bond acceptors (Lipinski definition) is 3. The molecule has 0 bridgehead atoms. The van der Waals surface area contributed by atoms with E-state index in [1.165, 1.54) is 0 Å². The molecule has 3 rings (SSSR count). The molecule has 6 heteroatoms. The summed E-state index contributed by atoms with van der Waals surface area (Å²) in [6, 6.07) is 9.29. The zero-order valence-electron chi connectivity index (χ0n) is 15.0. The number of hydrogen-bond donors (Lipinski definition) is 0. The minimum atomic E-state index is -2.71. The third-order valence-electron chi connectivity index (χ3n) is 4.89. The minimum Gasteiger partial charge on any atom is -0.444 e. The van der Waals surface area contributed by atoms with Crippen molar-refractivity contribution in [2.45, 2.75) is 51.3 Å². The van der Waals surface area contributed by atoms with Gasteiger partial charge < -0.3 is 9.64 Å². The number of nitrogens with zero attached hydrogens (tertiary/aromatic N) is 2. The van der Waals surface area contributed by atoms with Gasteiger partial charge in [-0.15, -0.1) is 0 Å². The molecule has 0 unspecified atom stereocenters. The second-order valence-corrected chi connectivity index (χ2v) is 8.04. The molecular formula is C19H26F2N2O2. The van der Waals surface area contributed by atoms with Crippen LogP contribution in [0.4, 0.5) is 13.6 Å². The van der Waals surface area contributed by atoms with Gasteiger partial charge in [0.2, 0.25) is 0 Å². The van der Waals surface area contributed by atoms with Crippen LogP contribution in [0.3, 0.4) is 0 Å². The van der Waals surface area contributed by atoms with Gasteiger partial charge in [-0.2, -0.15) is 0 Å². The maximum absolute atomic E-state index is 14.5. The molecule has 25 heavy (non-hydrogen) atoms. The number of benzene rings is 1. The maximum Gasteiger partial charge on any atom is 0.410 e. The number of ether oxygens (including phenoxy) is 1. The second kappa shape index (κ2) is 6.56. The molecule has 2 saturated heterocycles. The fraction of sp³-hybridized carbons (Fsp3) is 0.632. The highest BCUT2D eigenvalue weighted by Crippen LogP contribution is 2.43. The number of alkyl halides is 2. The molecule has 2 aliphatic rings. The van der Waals surface area contributed by atoms with Gasteiger partial charge in [-0.3, -0.25) is 4.90 Å². The van der Waals surface area contributed by atoms with Crippen molar-refractivity contribution in [1.29, 1.82) is 0 Å². The van der Waals surface area contributed by atoms with Crippen molar-refractivity contribution in [3.8, 4) is 0 Å². The van der Waals surface area contributed by atoms with E-state index in [0.717, 1.165) is 5.56 Å². The minimum absolute atomic E-state index is 0.251. The predicted molar refractivity (Wildman–Crippen MR) is 91.5 cm³/mol. The highest BCUT2D eigenvalue weighted by Gasteiger charge is 2.56. The van der Waals surface area contributed by atoms with Crippen molar-refractivity contribution in [2.75, 3.05) is 19.6 Å². The van der Waals surface area contributed by atoms with Crippen molar-refractivity contribution in [2.24, 2.45) is 5.92 Å². The summed E-state index contributed by atoms with van der Waals surface area (Å²) in [6.07, 6.45) is -0.108. The lowest BCUT2D eigenvalue weighted by Crippen LogP contribution is -2.52. The lowest BCUT2D eigenvalue weighted by molar-refractivity contribution is -0.0480. The normalized spacial score (nSPS) is 26.4. The maximum atomic E-state index is 14.5. The van der Waals surface area contributed by atoms with Crippen molar-refractivity contribution >= 4 is 6.09 Å². The van der Waals surface area contributed by atoms with E-state index in [0.29, 0.717) is 26.1 Å². The molecule has 0 aliphatic carbocycles. The summed E-state index contributed by atoms with van der Waals surface area (Å²) in [4.78, 5) is 15.7. The Labute approximate surface area is 147 Å². The van der Waals surface area contributed by atoms with E-state index in [4.69, 9.17) is 4.74 Å². The van der Waals surface area contributed by atoms with Crippen LogP contribution >= 0.6 is 0 Å². The summed E-state index contributed by atoms with van der Waals surface area (Å²) in [7, 11) is 0. The van der Waals surface area contributed by atoms with Gasteiger partial charge in [-0.05, 0) is 32.8 Å². The molecule has 1 aromatic carbocycles. The Morgan fingerprint density at radius 2 is 1.96 bits per heavy atom. The van der Waals surface area contributed by atoms with Crippen LogP contribution in [-0.2, 0) is 11.3 Å². The molecule has 2 aliphatic heterocycles. The highest BCUT2D eigenvalue weighted by molar-refractivity contribution is 5.68. The van der Waals surface area contributed by atoms with E-state index in [-0.39, 0.29) is 12.6 Å². The number of rotatable bonds is 2. The van der Waals surface area contributed by atoms with Crippen LogP contribution in [0, 0.1) is 5.92 Å². The van der Waals surface area contributed by atoms with Gasteiger partial charge >= 0.3 is 6.09 Å². The van der Waals surface area contributed by atoms with Crippen molar-refractivity contribution in [1.82, 2.24) is 9.80 Å². The SMILES string of the molecule is CC(C)(C)OC(=O)N1CC[C@H]2[C@@H](C1)N(Cc1ccccc1)CC2(F)F. The monoisotopic (exact) mass is 352 g/mol. The first kappa shape index (κ1) is 18.1. The molecule has 138 valence electrons. The molecule has 0 N–H and O–H groups in total. The topological polar surface area (TPSA) is 32.8 Å². The summed E-state index contributed by atoms with van der Waals surface area (Å²) < 4.78 is 34.3. The lowest BCUT2D eigenvalue weighted by atomic mass is 9.90. The van der Waals surface area contributed by atoms with Crippen LogP contribution in [-0.4, -0.2) is 53.1 Å². The van der Waals surface area contributed by atoms with E-state index in [2.05, 4.69) is 0 Å². The molecule has 1 aromatic rings. The standard InChI is InChI=1S/C19H26F2N2O2/c1-18(2,3)25-17(24)22-10-9-15-16(12-22)23(13-19(15,20)21)11-14-7-5-4-6-8-14/h4-8,15-16H,9-13H2,1-3H3/t15-,16+/m0/s1. The summed E-state index contributed by atoms with van der Waals surface area (Å²) in [6.45, 7) is 6.27. The summed E-state index contributed by atoms with van der Waals surface area (Å²) in [5, 5.41) is 0. The summed E-state index contributed by atoms with van der Waals surface area (Å²) in [5.74, 6) is -3.41. The Morgan fingerprint density at radius 1 is 1.28 bits per heavy atom. The average Bonchev–Trinajstić information content (AvgIpc) is 2.77. The Balaban J connectivity index is 1.73. The average molecular weight is 352 g/mol. The highest BCUT2D eigenvalue weighted by atomic mass is 19.3. The van der Waals surface area contributed by atoms with Crippen LogP contribution in [0.25, 0.3) is 0 Å². The van der Waals surface area contributed by atoms with Gasteiger partial charge in [-0.25, -0.2) is 13.6 Å². The van der Waals surface area contributed by atoms with Crippen molar-refractivity contribution in [3.63, 3.8) is 0 Å². The molecular weight excluding hydrogens is 326 g/mol. The van der Waals surface area contributed by atoms with Gasteiger partial charge in [-0.1, -0.05) is 30.3 Å². The van der Waals surface area contributed by atoms with Crippen molar-refractivity contribution < 1.29 is 18.3 Å². The van der Waals surface area contributed by atoms with Crippen molar-refractivity contribution in [3.05, 3.63) is 35.9 Å². The quantitative estimate of drug-likeness (QED) is 0.812. The molecule has 0 spiro atoms. The Hall–Kier alpha value is -1.69. The third kappa shape index (κ3) is 4.11. The molecule has 2 fully saturated rings. The summed E-state index contributed by atoms with van der Waals surface area (Å²) in [5.41, 5.74) is 0.422. The predicted octanol–water partition coefficient (Wildman–Crippen LogP) is 3.76. The first-order valence-corrected chi connectivity index (χ1v) is 8.79. The van der Waals surface area contributed by atoms with Crippen LogP contribution in [0.1, 0.15) is 32.8 Å². The van der Waals surface area contributed by atoms with Gasteiger partial charge in [0.05, 0.1) is 6.54 Å². The van der Waals surface area contributed by atoms with E-state index >= 15 is 0 Å². The van der Waals surface area contributed by atoms with Gasteiger partial charge in [0.15, 0.2) is 0 Å². The zero-order chi connectivity index (χ0) is 18.2. The molecule has 4 nitrogen and oxygen atoms in total. The first-order valence-electron chi connectivity index (χ1n) is 8.79. The van der Waals surface area contributed by atoms with Crippen LogP contribution in [0.15, 0.2) is 30.3 Å². The third-order valence-corrected chi connectivity index (χ3v) is 4.89. The fourth-order valence-corrected chi connectivity index (χ4v) is 3.78. The van der Waals surface area contributed by atoms with Gasteiger partial charge in [0.1, 0.15) is 5.60 Å². The Bertz CT molecular complexity index is 616. The molecule has 2 atom stereocenters. The Morgan fingerprint density at radius 3 is 2.60 bits per heavy atom. The second-order valence-electron chi connectivity index (χ2n) is 8.04. The van der Waals surface area contributed by atoms with Crippen LogP contribution < -0.4 is 0 Å². The number of carbonyl (C=O) groups is 1. The number of carbonyl (C=O) groups excluding carboxylic acids is 1. The zero-order valence-corrected chi connectivity index (χ0v) is 15.0.